The molecule has 1 aliphatic rings. The van der Waals surface area contributed by atoms with Gasteiger partial charge in [-0.25, -0.2) is 18.6 Å². The smallest absolute Gasteiger partial charge is 0.328 e. The van der Waals surface area contributed by atoms with Gasteiger partial charge in [-0.3, -0.25) is 9.13 Å². The molecule has 1 aliphatic heterocycles. The molecule has 4 N–H and O–H groups in total. The van der Waals surface area contributed by atoms with E-state index in [2.05, 4.69) is 10.3 Å². The van der Waals surface area contributed by atoms with E-state index in [0.29, 0.717) is 29.7 Å². The summed E-state index contributed by atoms with van der Waals surface area (Å²) < 4.78 is 31.7. The Bertz CT molecular complexity index is 1420. The van der Waals surface area contributed by atoms with Crippen LogP contribution in [-0.2, 0) is 13.6 Å². The predicted octanol–water partition coefficient (Wildman–Crippen LogP) is 3.58. The summed E-state index contributed by atoms with van der Waals surface area (Å²) >= 11 is 6.42. The minimum Gasteiger partial charge on any atom is -0.390 e. The summed E-state index contributed by atoms with van der Waals surface area (Å²) in [5.41, 5.74) is 6.71. The van der Waals surface area contributed by atoms with Crippen LogP contribution < -0.4 is 21.6 Å². The lowest BCUT2D eigenvalue weighted by molar-refractivity contribution is -0.0807. The van der Waals surface area contributed by atoms with Crippen molar-refractivity contribution in [2.75, 3.05) is 23.3 Å². The Morgan fingerprint density at radius 3 is 2.65 bits per heavy atom. The van der Waals surface area contributed by atoms with Gasteiger partial charge in [-0.2, -0.15) is 5.26 Å². The third-order valence-electron chi connectivity index (χ3n) is 6.79. The van der Waals surface area contributed by atoms with E-state index in [-0.39, 0.29) is 41.0 Å². The van der Waals surface area contributed by atoms with Crippen molar-refractivity contribution in [2.24, 2.45) is 18.7 Å². The van der Waals surface area contributed by atoms with Gasteiger partial charge < -0.3 is 21.1 Å². The number of aryl methyl sites for hydroxylation is 2. The number of halogens is 3. The summed E-state index contributed by atoms with van der Waals surface area (Å²) in [5, 5.41) is 23.1. The minimum absolute atomic E-state index is 0.0209. The van der Waals surface area contributed by atoms with Crippen molar-refractivity contribution in [1.29, 1.82) is 5.26 Å². The van der Waals surface area contributed by atoms with Gasteiger partial charge in [0.25, 0.3) is 5.92 Å². The monoisotopic (exact) mass is 533 g/mol. The van der Waals surface area contributed by atoms with E-state index in [1.165, 1.54) is 17.6 Å². The van der Waals surface area contributed by atoms with Crippen LogP contribution in [0.2, 0.25) is 5.02 Å². The first kappa shape index (κ1) is 26.9. The molecule has 0 amide bonds. The van der Waals surface area contributed by atoms with Crippen molar-refractivity contribution >= 4 is 40.0 Å². The number of piperidine rings is 1. The summed E-state index contributed by atoms with van der Waals surface area (Å²) in [7, 11) is 1.68. The normalized spacial score (nSPS) is 19.7. The zero-order valence-corrected chi connectivity index (χ0v) is 21.9. The van der Waals surface area contributed by atoms with Gasteiger partial charge in [-0.15, -0.1) is 0 Å². The summed E-state index contributed by atoms with van der Waals surface area (Å²) in [5.74, 6) is -3.61. The molecule has 0 saturated carbocycles. The van der Waals surface area contributed by atoms with Crippen LogP contribution in [0.5, 0.6) is 0 Å². The van der Waals surface area contributed by atoms with Crippen molar-refractivity contribution in [3.8, 4) is 6.07 Å². The highest BCUT2D eigenvalue weighted by Crippen LogP contribution is 2.37. The number of nitriles is 1. The molecule has 37 heavy (non-hydrogen) atoms. The number of anilines is 3. The molecule has 3 aromatic rings. The molecule has 9 nitrogen and oxygen atoms in total. The molecular weight excluding hydrogens is 504 g/mol. The van der Waals surface area contributed by atoms with Crippen LogP contribution in [0.4, 0.5) is 26.1 Å². The molecule has 12 heteroatoms. The van der Waals surface area contributed by atoms with Gasteiger partial charge in [-0.1, -0.05) is 18.5 Å². The Morgan fingerprint density at radius 1 is 1.32 bits per heavy atom. The Balaban J connectivity index is 1.70. The van der Waals surface area contributed by atoms with Gasteiger partial charge in [0.05, 0.1) is 33.3 Å². The summed E-state index contributed by atoms with van der Waals surface area (Å²) in [4.78, 5) is 18.9. The first-order valence-corrected chi connectivity index (χ1v) is 12.3. The summed E-state index contributed by atoms with van der Waals surface area (Å²) in [6.45, 7) is 4.92. The zero-order valence-electron chi connectivity index (χ0n) is 21.1. The molecule has 0 unspecified atom stereocenters. The van der Waals surface area contributed by atoms with Crippen molar-refractivity contribution in [3.05, 3.63) is 45.3 Å². The number of hydrogen-bond donors (Lipinski definition) is 3. The average molecular weight is 534 g/mol. The van der Waals surface area contributed by atoms with Crippen LogP contribution in [0.25, 0.3) is 11.0 Å². The van der Waals surface area contributed by atoms with E-state index < -0.39 is 23.5 Å². The zero-order chi connectivity index (χ0) is 27.3. The number of nitrogens with zero attached hydrogens (tertiary/aromatic N) is 5. The van der Waals surface area contributed by atoms with Crippen molar-refractivity contribution < 1.29 is 13.9 Å². The van der Waals surface area contributed by atoms with E-state index in [9.17, 15) is 23.9 Å². The van der Waals surface area contributed by atoms with Crippen molar-refractivity contribution in [2.45, 2.75) is 51.3 Å². The van der Waals surface area contributed by atoms with Crippen molar-refractivity contribution in [3.63, 3.8) is 0 Å². The highest BCUT2D eigenvalue weighted by molar-refractivity contribution is 6.33. The number of nitrogens with one attached hydrogen (secondary N) is 1. The maximum Gasteiger partial charge on any atom is 0.328 e. The van der Waals surface area contributed by atoms with Crippen LogP contribution in [0, 0.1) is 17.2 Å². The number of nitrogens with two attached hydrogens (primary N) is 1. The largest absolute Gasteiger partial charge is 0.390 e. The quantitative estimate of drug-likeness (QED) is 0.442. The molecule has 2 atom stereocenters. The molecule has 2 aromatic heterocycles. The topological polar surface area (TPSA) is 125 Å². The van der Waals surface area contributed by atoms with Gasteiger partial charge in [0.15, 0.2) is 5.82 Å². The number of hydrogen-bond acceptors (Lipinski definition) is 7. The molecule has 0 spiro atoms. The molecule has 4 rings (SSSR count). The first-order valence-electron chi connectivity index (χ1n) is 11.9. The highest BCUT2D eigenvalue weighted by atomic mass is 35.5. The lowest BCUT2D eigenvalue weighted by Gasteiger charge is -2.41. The van der Waals surface area contributed by atoms with E-state index in [1.54, 1.807) is 48.6 Å². The summed E-state index contributed by atoms with van der Waals surface area (Å²) in [6, 6.07) is 7.39. The van der Waals surface area contributed by atoms with Crippen LogP contribution in [0.1, 0.15) is 32.8 Å². The molecular formula is C25H30ClF2N7O2. The number of aromatic nitrogens is 3. The van der Waals surface area contributed by atoms with Gasteiger partial charge in [-0.05, 0) is 44.5 Å². The Labute approximate surface area is 218 Å². The lowest BCUT2D eigenvalue weighted by Crippen LogP contribution is -2.60. The predicted molar refractivity (Wildman–Crippen MR) is 140 cm³/mol. The molecule has 1 saturated heterocycles. The molecule has 1 fully saturated rings. The fourth-order valence-electron chi connectivity index (χ4n) is 4.54. The number of rotatable bonds is 6. The molecule has 0 bridgehead atoms. The number of benzene rings is 1. The minimum atomic E-state index is -3.02. The second-order valence-electron chi connectivity index (χ2n) is 10.3. The second kappa shape index (κ2) is 9.59. The highest BCUT2D eigenvalue weighted by Gasteiger charge is 2.48. The SMILES string of the molecule is C[C@H]1CN(c2nc(Nc3ccc4c(c3)n(CCC(C)(C)O)c(=O)n4C)c(Cl)cc2C#N)C[C@@H](N)C1(F)F. The van der Waals surface area contributed by atoms with Crippen LogP contribution in [0.15, 0.2) is 29.1 Å². The standard InChI is InChI=1S/C25H30ClF2N7O2/c1-14-12-34(13-20(30)25(14,27)28)22-15(11-29)9-17(26)21(32-22)31-16-5-6-18-19(10-16)35(23(36)33(18)4)8-7-24(2,3)37/h5-6,9-10,14,20,37H,7-8,12-13,30H2,1-4H3,(H,31,32)/t14-,20+/m0/s1. The molecule has 1 aromatic carbocycles. The average Bonchev–Trinajstić information content (AvgIpc) is 3.05. The molecule has 0 aliphatic carbocycles. The third kappa shape index (κ3) is 5.14. The molecule has 3 heterocycles. The van der Waals surface area contributed by atoms with Gasteiger partial charge in [0, 0.05) is 38.3 Å². The number of aliphatic hydroxyl groups is 1. The first-order chi connectivity index (χ1) is 17.2. The Kier molecular flexibility index (Phi) is 6.96. The van der Waals surface area contributed by atoms with Crippen LogP contribution in [-0.4, -0.2) is 49.9 Å². The van der Waals surface area contributed by atoms with Crippen LogP contribution in [0.3, 0.4) is 0 Å². The van der Waals surface area contributed by atoms with Gasteiger partial charge in [0.2, 0.25) is 0 Å². The van der Waals surface area contributed by atoms with E-state index in [4.69, 9.17) is 17.3 Å². The maximum atomic E-state index is 14.3. The van der Waals surface area contributed by atoms with Crippen molar-refractivity contribution in [1.82, 2.24) is 14.1 Å². The second-order valence-corrected chi connectivity index (χ2v) is 10.7. The molecule has 0 radical (unpaired) electrons. The Hall–Kier alpha value is -3.20. The summed E-state index contributed by atoms with van der Waals surface area (Å²) in [6.07, 6.45) is 0.380. The van der Waals surface area contributed by atoms with E-state index >= 15 is 0 Å². The van der Waals surface area contributed by atoms with E-state index in [1.807, 2.05) is 6.07 Å². The Morgan fingerprint density at radius 2 is 2.03 bits per heavy atom. The fourth-order valence-corrected chi connectivity index (χ4v) is 4.74. The molecule has 198 valence electrons. The third-order valence-corrected chi connectivity index (χ3v) is 7.08. The van der Waals surface area contributed by atoms with Crippen LogP contribution >= 0.6 is 11.6 Å². The number of fused-ring (bicyclic) bond motifs is 1. The van der Waals surface area contributed by atoms with Gasteiger partial charge >= 0.3 is 5.69 Å². The number of alkyl halides is 2. The maximum absolute atomic E-state index is 14.3. The van der Waals surface area contributed by atoms with Gasteiger partial charge in [0.1, 0.15) is 11.9 Å². The number of imidazole rings is 1. The lowest BCUT2D eigenvalue weighted by atomic mass is 9.91. The van der Waals surface area contributed by atoms with E-state index in [0.717, 1.165) is 0 Å². The number of pyridine rings is 1. The fraction of sp³-hybridized carbons (Fsp3) is 0.480.